The average Bonchev–Trinajstić information content (AvgIpc) is 3.58. The van der Waals surface area contributed by atoms with Gasteiger partial charge in [0.1, 0.15) is 18.3 Å². The van der Waals surface area contributed by atoms with Crippen LogP contribution in [-0.2, 0) is 13.1 Å². The maximum absolute atomic E-state index is 5.82. The zero-order valence-electron chi connectivity index (χ0n) is 20.5. The summed E-state index contributed by atoms with van der Waals surface area (Å²) in [6.07, 6.45) is 1.66. The van der Waals surface area contributed by atoms with Crippen molar-refractivity contribution in [3.8, 4) is 11.5 Å². The van der Waals surface area contributed by atoms with E-state index >= 15 is 0 Å². The molecule has 3 heterocycles. The Morgan fingerprint density at radius 3 is 2.39 bits per heavy atom. The van der Waals surface area contributed by atoms with E-state index in [-0.39, 0.29) is 18.4 Å². The number of piperazine rings is 1. The van der Waals surface area contributed by atoms with E-state index in [4.69, 9.17) is 13.9 Å². The van der Waals surface area contributed by atoms with Crippen LogP contribution in [0.1, 0.15) is 28.8 Å². The number of para-hydroxylation sites is 1. The van der Waals surface area contributed by atoms with Crippen molar-refractivity contribution in [1.82, 2.24) is 30.0 Å². The molecular weight excluding hydrogens is 480 g/mol. The van der Waals surface area contributed by atoms with E-state index in [1.165, 1.54) is 5.56 Å². The summed E-state index contributed by atoms with van der Waals surface area (Å²) < 4.78 is 18.8. The molecule has 5 rings (SSSR count). The number of furan rings is 1. The molecular formula is C26H31ClN6O3. The molecule has 0 aliphatic carbocycles. The Bertz CT molecular complexity index is 1210. The van der Waals surface area contributed by atoms with Crippen LogP contribution in [0.5, 0.6) is 11.5 Å². The van der Waals surface area contributed by atoms with Crippen molar-refractivity contribution in [2.75, 3.05) is 40.4 Å². The molecule has 9 nitrogen and oxygen atoms in total. The van der Waals surface area contributed by atoms with Crippen LogP contribution in [-0.4, -0.2) is 70.4 Å². The highest BCUT2D eigenvalue weighted by molar-refractivity contribution is 5.85. The molecule has 0 amide bonds. The van der Waals surface area contributed by atoms with Crippen molar-refractivity contribution < 1.29 is 13.9 Å². The first kappa shape index (κ1) is 25.7. The van der Waals surface area contributed by atoms with Gasteiger partial charge in [-0.3, -0.25) is 9.80 Å². The highest BCUT2D eigenvalue weighted by Crippen LogP contribution is 2.39. The Morgan fingerprint density at radius 2 is 1.69 bits per heavy atom. The third kappa shape index (κ3) is 5.53. The average molecular weight is 511 g/mol. The van der Waals surface area contributed by atoms with Crippen molar-refractivity contribution in [3.05, 3.63) is 89.6 Å². The summed E-state index contributed by atoms with van der Waals surface area (Å²) in [4.78, 5) is 4.90. The van der Waals surface area contributed by atoms with E-state index in [9.17, 15) is 0 Å². The number of hydrogen-bond acceptors (Lipinski definition) is 8. The molecule has 1 saturated heterocycles. The van der Waals surface area contributed by atoms with Crippen LogP contribution in [0.15, 0.2) is 71.3 Å². The molecule has 0 spiro atoms. The van der Waals surface area contributed by atoms with Crippen LogP contribution >= 0.6 is 12.4 Å². The van der Waals surface area contributed by atoms with Gasteiger partial charge in [0.15, 0.2) is 17.3 Å². The molecule has 10 heteroatoms. The highest BCUT2D eigenvalue weighted by Gasteiger charge is 2.33. The predicted octanol–water partition coefficient (Wildman–Crippen LogP) is 3.66. The molecule has 4 aromatic rings. The lowest BCUT2D eigenvalue weighted by molar-refractivity contribution is 0.0990. The van der Waals surface area contributed by atoms with Crippen molar-refractivity contribution in [2.24, 2.45) is 0 Å². The number of tetrazole rings is 1. The lowest BCUT2D eigenvalue weighted by Gasteiger charge is -2.39. The summed E-state index contributed by atoms with van der Waals surface area (Å²) in [5.74, 6) is 2.91. The van der Waals surface area contributed by atoms with E-state index in [0.29, 0.717) is 18.0 Å². The fourth-order valence-electron chi connectivity index (χ4n) is 4.72. The van der Waals surface area contributed by atoms with Gasteiger partial charge in [-0.1, -0.05) is 42.5 Å². The smallest absolute Gasteiger partial charge is 0.173 e. The molecule has 0 N–H and O–H groups in total. The highest BCUT2D eigenvalue weighted by atomic mass is 35.5. The summed E-state index contributed by atoms with van der Waals surface area (Å²) in [5, 5.41) is 12.8. The summed E-state index contributed by atoms with van der Waals surface area (Å²) >= 11 is 0. The molecule has 1 atom stereocenters. The molecule has 2 aromatic carbocycles. The zero-order chi connectivity index (χ0) is 24.0. The number of benzene rings is 2. The third-order valence-corrected chi connectivity index (χ3v) is 6.44. The topological polar surface area (TPSA) is 81.7 Å². The molecule has 1 aliphatic rings. The second-order valence-electron chi connectivity index (χ2n) is 8.56. The number of nitrogens with zero attached hydrogens (tertiary/aromatic N) is 6. The van der Waals surface area contributed by atoms with Gasteiger partial charge in [0.05, 0.1) is 20.5 Å². The summed E-state index contributed by atoms with van der Waals surface area (Å²) in [6, 6.07) is 20.1. The molecule has 2 aromatic heterocycles. The van der Waals surface area contributed by atoms with Crippen LogP contribution in [0.25, 0.3) is 0 Å². The second kappa shape index (κ2) is 12.0. The van der Waals surface area contributed by atoms with Gasteiger partial charge in [0, 0.05) is 38.3 Å². The Balaban J connectivity index is 0.00000304. The lowest BCUT2D eigenvalue weighted by atomic mass is 10.0. The van der Waals surface area contributed by atoms with Crippen LogP contribution < -0.4 is 9.47 Å². The summed E-state index contributed by atoms with van der Waals surface area (Å²) in [7, 11) is 3.32. The van der Waals surface area contributed by atoms with E-state index in [1.54, 1.807) is 25.2 Å². The first-order valence-corrected chi connectivity index (χ1v) is 11.8. The Labute approximate surface area is 217 Å². The van der Waals surface area contributed by atoms with Gasteiger partial charge in [0.2, 0.25) is 0 Å². The fraction of sp³-hybridized carbons (Fsp3) is 0.346. The van der Waals surface area contributed by atoms with E-state index < -0.39 is 0 Å². The van der Waals surface area contributed by atoms with Crippen molar-refractivity contribution in [1.29, 1.82) is 0 Å². The number of halogens is 1. The molecule has 0 radical (unpaired) electrons. The number of ether oxygens (including phenoxy) is 2. The third-order valence-electron chi connectivity index (χ3n) is 6.44. The van der Waals surface area contributed by atoms with Crippen molar-refractivity contribution in [2.45, 2.75) is 19.1 Å². The Morgan fingerprint density at radius 1 is 0.889 bits per heavy atom. The molecule has 0 bridgehead atoms. The van der Waals surface area contributed by atoms with Crippen LogP contribution in [0.2, 0.25) is 0 Å². The first-order valence-electron chi connectivity index (χ1n) is 11.8. The standard InChI is InChI=1S/C26H30N6O3.ClH/c1-33-23-12-6-11-22(25(23)34-2)24(26-27-28-29-32(26)19-21-10-7-17-35-21)31-15-13-30(14-16-31)18-20-8-4-3-5-9-20;/h3-12,17,24H,13-16,18-19H2,1-2H3;1H. The minimum absolute atomic E-state index is 0. The van der Waals surface area contributed by atoms with Crippen molar-refractivity contribution >= 4 is 12.4 Å². The minimum atomic E-state index is -0.205. The van der Waals surface area contributed by atoms with Crippen LogP contribution in [0.3, 0.4) is 0 Å². The molecule has 36 heavy (non-hydrogen) atoms. The van der Waals surface area contributed by atoms with Gasteiger partial charge in [-0.25, -0.2) is 4.68 Å². The first-order chi connectivity index (χ1) is 17.3. The zero-order valence-corrected chi connectivity index (χ0v) is 21.3. The van der Waals surface area contributed by atoms with E-state index in [0.717, 1.165) is 49.9 Å². The number of methoxy groups -OCH3 is 2. The van der Waals surface area contributed by atoms with Gasteiger partial charge in [-0.15, -0.1) is 17.5 Å². The fourth-order valence-corrected chi connectivity index (χ4v) is 4.72. The van der Waals surface area contributed by atoms with Crippen LogP contribution in [0, 0.1) is 0 Å². The predicted molar refractivity (Wildman–Crippen MR) is 138 cm³/mol. The molecule has 190 valence electrons. The molecule has 1 unspecified atom stereocenters. The molecule has 1 aliphatic heterocycles. The summed E-state index contributed by atoms with van der Waals surface area (Å²) in [5.41, 5.74) is 2.30. The van der Waals surface area contributed by atoms with Crippen LogP contribution in [0.4, 0.5) is 0 Å². The summed E-state index contributed by atoms with van der Waals surface area (Å²) in [6.45, 7) is 5.01. The number of hydrogen-bond donors (Lipinski definition) is 0. The van der Waals surface area contributed by atoms with Gasteiger partial charge in [-0.2, -0.15) is 0 Å². The largest absolute Gasteiger partial charge is 0.493 e. The monoisotopic (exact) mass is 510 g/mol. The van der Waals surface area contributed by atoms with E-state index in [2.05, 4.69) is 61.7 Å². The normalized spacial score (nSPS) is 15.3. The van der Waals surface area contributed by atoms with E-state index in [1.807, 2.05) is 24.3 Å². The van der Waals surface area contributed by atoms with Crippen molar-refractivity contribution in [3.63, 3.8) is 0 Å². The Kier molecular flexibility index (Phi) is 8.58. The molecule has 0 saturated carbocycles. The Hall–Kier alpha value is -3.40. The van der Waals surface area contributed by atoms with Gasteiger partial charge in [-0.05, 0) is 34.2 Å². The minimum Gasteiger partial charge on any atom is -0.493 e. The van der Waals surface area contributed by atoms with Gasteiger partial charge in [0.25, 0.3) is 0 Å². The maximum atomic E-state index is 5.82. The SMILES string of the molecule is COc1cccc(C(c2nnnn2Cc2ccco2)N2CCN(Cc3ccccc3)CC2)c1OC.Cl. The maximum Gasteiger partial charge on any atom is 0.173 e. The van der Waals surface area contributed by atoms with Gasteiger partial charge >= 0.3 is 0 Å². The molecule has 1 fully saturated rings. The lowest BCUT2D eigenvalue weighted by Crippen LogP contribution is -2.48. The number of aromatic nitrogens is 4. The van der Waals surface area contributed by atoms with Gasteiger partial charge < -0.3 is 13.9 Å². The second-order valence-corrected chi connectivity index (χ2v) is 8.56. The number of rotatable bonds is 9. The quantitative estimate of drug-likeness (QED) is 0.337.